The number of oxime groups is 1. The Labute approximate surface area is 156 Å². The Morgan fingerprint density at radius 1 is 1.11 bits per heavy atom. The predicted octanol–water partition coefficient (Wildman–Crippen LogP) is 3.83. The van der Waals surface area contributed by atoms with E-state index in [1.165, 1.54) is 30.5 Å². The van der Waals surface area contributed by atoms with Gasteiger partial charge in [0.25, 0.3) is 5.91 Å². The Bertz CT molecular complexity index is 962. The fourth-order valence-corrected chi connectivity index (χ4v) is 2.87. The number of halogens is 1. The Balaban J connectivity index is 1.98. The van der Waals surface area contributed by atoms with Crippen molar-refractivity contribution in [2.75, 3.05) is 5.01 Å². The van der Waals surface area contributed by atoms with Crippen molar-refractivity contribution in [2.24, 2.45) is 11.0 Å². The van der Waals surface area contributed by atoms with E-state index in [1.807, 2.05) is 36.4 Å². The molecule has 0 unspecified atom stereocenters. The molecule has 136 valence electrons. The van der Waals surface area contributed by atoms with Crippen LogP contribution in [0.4, 0.5) is 10.1 Å². The van der Waals surface area contributed by atoms with Gasteiger partial charge in [0, 0.05) is 5.57 Å². The molecule has 0 heterocycles. The van der Waals surface area contributed by atoms with Crippen molar-refractivity contribution in [1.29, 1.82) is 0 Å². The van der Waals surface area contributed by atoms with Crippen LogP contribution in [0.15, 0.2) is 89.1 Å². The molecule has 1 amide bonds. The van der Waals surface area contributed by atoms with Crippen LogP contribution in [0, 0.1) is 5.82 Å². The SMILES string of the molecule is NN(C(=O)C1=CC=C(c2ccccc2)CC1=CC=NO)c1ccccc1F. The summed E-state index contributed by atoms with van der Waals surface area (Å²) in [4.78, 5) is 12.9. The zero-order valence-corrected chi connectivity index (χ0v) is 14.4. The quantitative estimate of drug-likeness (QED) is 0.285. The molecule has 1 aliphatic carbocycles. The second-order valence-corrected chi connectivity index (χ2v) is 5.90. The lowest BCUT2D eigenvalue weighted by Gasteiger charge is -2.23. The molecule has 0 aromatic heterocycles. The summed E-state index contributed by atoms with van der Waals surface area (Å²) in [5, 5.41) is 12.5. The molecule has 27 heavy (non-hydrogen) atoms. The van der Waals surface area contributed by atoms with Gasteiger partial charge >= 0.3 is 0 Å². The lowest BCUT2D eigenvalue weighted by Crippen LogP contribution is -2.39. The molecule has 0 bridgehead atoms. The number of nitrogens with two attached hydrogens (primary N) is 1. The molecule has 0 aliphatic heterocycles. The summed E-state index contributed by atoms with van der Waals surface area (Å²) >= 11 is 0. The first kappa shape index (κ1) is 18.3. The van der Waals surface area contributed by atoms with Crippen LogP contribution in [0.2, 0.25) is 0 Å². The summed E-state index contributed by atoms with van der Waals surface area (Å²) < 4.78 is 14.0. The van der Waals surface area contributed by atoms with Crippen molar-refractivity contribution in [2.45, 2.75) is 6.42 Å². The summed E-state index contributed by atoms with van der Waals surface area (Å²) in [7, 11) is 0. The molecule has 2 aromatic rings. The number of amides is 1. The van der Waals surface area contributed by atoms with E-state index in [2.05, 4.69) is 5.16 Å². The highest BCUT2D eigenvalue weighted by Crippen LogP contribution is 2.32. The van der Waals surface area contributed by atoms with Crippen LogP contribution in [0.3, 0.4) is 0 Å². The van der Waals surface area contributed by atoms with Crippen molar-refractivity contribution >= 4 is 23.4 Å². The molecular weight excluding hydrogens is 345 g/mol. The van der Waals surface area contributed by atoms with Gasteiger partial charge in [-0.15, -0.1) is 0 Å². The van der Waals surface area contributed by atoms with E-state index in [9.17, 15) is 9.18 Å². The maximum Gasteiger partial charge on any atom is 0.272 e. The average molecular weight is 363 g/mol. The number of carbonyl (C=O) groups excluding carboxylic acids is 1. The van der Waals surface area contributed by atoms with Crippen LogP contribution >= 0.6 is 0 Å². The van der Waals surface area contributed by atoms with E-state index in [4.69, 9.17) is 11.0 Å². The van der Waals surface area contributed by atoms with Gasteiger partial charge in [0.15, 0.2) is 0 Å². The molecule has 3 rings (SSSR count). The van der Waals surface area contributed by atoms with Crippen LogP contribution < -0.4 is 10.9 Å². The molecule has 0 fully saturated rings. The molecule has 0 saturated heterocycles. The Hall–Kier alpha value is -3.51. The number of hydrogen-bond donors (Lipinski definition) is 2. The topological polar surface area (TPSA) is 78.9 Å². The monoisotopic (exact) mass is 363 g/mol. The minimum atomic E-state index is -0.590. The highest BCUT2D eigenvalue weighted by molar-refractivity contribution is 6.09. The number of allylic oxidation sites excluding steroid dienone is 4. The average Bonchev–Trinajstić information content (AvgIpc) is 2.72. The van der Waals surface area contributed by atoms with Gasteiger partial charge in [0.1, 0.15) is 5.82 Å². The molecule has 1 aliphatic rings. The van der Waals surface area contributed by atoms with Crippen LogP contribution in [-0.2, 0) is 4.79 Å². The van der Waals surface area contributed by atoms with E-state index in [1.54, 1.807) is 12.1 Å². The van der Waals surface area contributed by atoms with Gasteiger partial charge < -0.3 is 5.21 Å². The Morgan fingerprint density at radius 2 is 1.81 bits per heavy atom. The number of para-hydroxylation sites is 1. The predicted molar refractivity (Wildman–Crippen MR) is 104 cm³/mol. The standard InChI is InChI=1S/C21H18FN3O2/c22-19-8-4-5-9-20(19)25(23)21(26)18-11-10-16(14-17(18)12-13-24-27)15-6-2-1-3-7-15/h1-13,27H,14,23H2. The first-order valence-electron chi connectivity index (χ1n) is 8.28. The number of hydrazine groups is 1. The lowest BCUT2D eigenvalue weighted by atomic mass is 9.88. The normalized spacial score (nSPS) is 15.6. The number of anilines is 1. The first-order chi connectivity index (χ1) is 13.1. The molecule has 2 aromatic carbocycles. The third-order valence-corrected chi connectivity index (χ3v) is 4.23. The molecule has 0 spiro atoms. The van der Waals surface area contributed by atoms with E-state index >= 15 is 0 Å². The lowest BCUT2D eigenvalue weighted by molar-refractivity contribution is -0.115. The molecule has 0 saturated carbocycles. The zero-order valence-electron chi connectivity index (χ0n) is 14.4. The van der Waals surface area contributed by atoms with Crippen LogP contribution in [0.25, 0.3) is 5.57 Å². The highest BCUT2D eigenvalue weighted by atomic mass is 19.1. The smallest absolute Gasteiger partial charge is 0.272 e. The van der Waals surface area contributed by atoms with Gasteiger partial charge in [0.2, 0.25) is 0 Å². The van der Waals surface area contributed by atoms with Gasteiger partial charge in [-0.2, -0.15) is 0 Å². The van der Waals surface area contributed by atoms with Gasteiger partial charge in [0.05, 0.1) is 11.9 Å². The minimum Gasteiger partial charge on any atom is -0.411 e. The largest absolute Gasteiger partial charge is 0.411 e. The van der Waals surface area contributed by atoms with Gasteiger partial charge in [-0.25, -0.2) is 15.2 Å². The molecular formula is C21H18FN3O2. The highest BCUT2D eigenvalue weighted by Gasteiger charge is 2.24. The Morgan fingerprint density at radius 3 is 2.52 bits per heavy atom. The maximum absolute atomic E-state index is 14.0. The van der Waals surface area contributed by atoms with Crippen molar-refractivity contribution in [3.05, 3.63) is 95.4 Å². The molecule has 0 radical (unpaired) electrons. The van der Waals surface area contributed by atoms with E-state index in [0.717, 1.165) is 16.1 Å². The second kappa shape index (κ2) is 8.25. The summed E-state index contributed by atoms with van der Waals surface area (Å²) in [5.74, 6) is 4.73. The van der Waals surface area contributed by atoms with Crippen molar-refractivity contribution < 1.29 is 14.4 Å². The molecule has 5 nitrogen and oxygen atoms in total. The fourth-order valence-electron chi connectivity index (χ4n) is 2.87. The molecule has 6 heteroatoms. The third-order valence-electron chi connectivity index (χ3n) is 4.23. The number of nitrogens with zero attached hydrogens (tertiary/aromatic N) is 2. The van der Waals surface area contributed by atoms with Crippen LogP contribution in [-0.4, -0.2) is 17.3 Å². The van der Waals surface area contributed by atoms with Crippen molar-refractivity contribution in [1.82, 2.24) is 0 Å². The zero-order chi connectivity index (χ0) is 19.2. The maximum atomic E-state index is 14.0. The minimum absolute atomic E-state index is 0.0172. The first-order valence-corrected chi connectivity index (χ1v) is 8.28. The summed E-state index contributed by atoms with van der Waals surface area (Å²) in [6.45, 7) is 0. The van der Waals surface area contributed by atoms with Gasteiger partial charge in [-0.05, 0) is 47.4 Å². The van der Waals surface area contributed by atoms with E-state index in [0.29, 0.717) is 17.6 Å². The van der Waals surface area contributed by atoms with Crippen molar-refractivity contribution in [3.63, 3.8) is 0 Å². The van der Waals surface area contributed by atoms with Gasteiger partial charge in [-0.1, -0.05) is 53.7 Å². The molecule has 0 atom stereocenters. The summed E-state index contributed by atoms with van der Waals surface area (Å²) in [5.41, 5.74) is 2.92. The molecule has 3 N–H and O–H groups in total. The number of rotatable bonds is 4. The number of benzene rings is 2. The number of hydrogen-bond acceptors (Lipinski definition) is 4. The van der Waals surface area contributed by atoms with Crippen molar-refractivity contribution in [3.8, 4) is 0 Å². The fraction of sp³-hybridized carbons (Fsp3) is 0.0476. The van der Waals surface area contributed by atoms with Gasteiger partial charge in [-0.3, -0.25) is 4.79 Å². The van der Waals surface area contributed by atoms with E-state index < -0.39 is 11.7 Å². The summed E-state index contributed by atoms with van der Waals surface area (Å²) in [6.07, 6.45) is 6.65. The van der Waals surface area contributed by atoms with Crippen LogP contribution in [0.1, 0.15) is 12.0 Å². The Kier molecular flexibility index (Phi) is 5.58. The summed E-state index contributed by atoms with van der Waals surface area (Å²) in [6, 6.07) is 15.5. The third kappa shape index (κ3) is 4.02. The number of carbonyl (C=O) groups is 1. The van der Waals surface area contributed by atoms with E-state index in [-0.39, 0.29) is 5.69 Å². The second-order valence-electron chi connectivity index (χ2n) is 5.90. The van der Waals surface area contributed by atoms with Crippen LogP contribution in [0.5, 0.6) is 0 Å².